The molecule has 37 heavy (non-hydrogen) atoms. The van der Waals surface area contributed by atoms with Gasteiger partial charge in [-0.3, -0.25) is 0 Å². The molecule has 174 valence electrons. The van der Waals surface area contributed by atoms with Gasteiger partial charge in [0.15, 0.2) is 0 Å². The number of hydrogen-bond donors (Lipinski definition) is 1. The van der Waals surface area contributed by atoms with Gasteiger partial charge in [0.1, 0.15) is 0 Å². The van der Waals surface area contributed by atoms with Crippen LogP contribution in [-0.2, 0) is 0 Å². The van der Waals surface area contributed by atoms with Crippen molar-refractivity contribution in [3.8, 4) is 28.6 Å². The fraction of sp³-hybridized carbons (Fsp3) is 0. The van der Waals surface area contributed by atoms with Gasteiger partial charge in [-0.2, -0.15) is 0 Å². The Kier molecular flexibility index (Phi) is 4.16. The van der Waals surface area contributed by atoms with E-state index in [0.29, 0.717) is 11.8 Å². The lowest BCUT2D eigenvalue weighted by molar-refractivity contribution is 0.585. The molecule has 0 fully saturated rings. The molecule has 0 aliphatic carbocycles. The Morgan fingerprint density at radius 3 is 2.22 bits per heavy atom. The molecule has 0 radical (unpaired) electrons. The van der Waals surface area contributed by atoms with Crippen LogP contribution in [-0.4, -0.2) is 19.7 Å². The maximum atomic E-state index is 6.26. The standard InChI is InChI=1S/C32H20N4O/c1-2-9-21(10-3-1)36-28-16-7-5-12-23(28)26-19-20(17-18-29(26)36)31-34-35-32(37-31)25-14-8-13-24-22-11-4-6-15-27(22)33-30(24)25/h1-19,33H. The molecule has 8 aromatic rings. The number of para-hydroxylation sites is 4. The van der Waals surface area contributed by atoms with Crippen LogP contribution in [0.2, 0.25) is 0 Å². The minimum absolute atomic E-state index is 0.499. The number of benzene rings is 5. The molecule has 0 saturated carbocycles. The van der Waals surface area contributed by atoms with E-state index in [2.05, 4.69) is 111 Å². The first-order valence-corrected chi connectivity index (χ1v) is 12.3. The maximum Gasteiger partial charge on any atom is 0.250 e. The minimum atomic E-state index is 0.499. The molecule has 5 nitrogen and oxygen atoms in total. The Morgan fingerprint density at radius 2 is 1.30 bits per heavy atom. The van der Waals surface area contributed by atoms with E-state index in [4.69, 9.17) is 4.42 Å². The summed E-state index contributed by atoms with van der Waals surface area (Å²) in [5.74, 6) is 1.00. The lowest BCUT2D eigenvalue weighted by atomic mass is 10.1. The number of rotatable bonds is 3. The Morgan fingerprint density at radius 1 is 0.568 bits per heavy atom. The van der Waals surface area contributed by atoms with Gasteiger partial charge in [-0.1, -0.05) is 66.7 Å². The molecule has 0 aliphatic rings. The van der Waals surface area contributed by atoms with Crippen molar-refractivity contribution >= 4 is 43.6 Å². The van der Waals surface area contributed by atoms with E-state index in [1.54, 1.807) is 0 Å². The van der Waals surface area contributed by atoms with Crippen LogP contribution in [0.25, 0.3) is 72.2 Å². The van der Waals surface area contributed by atoms with Crippen LogP contribution in [0, 0.1) is 0 Å². The monoisotopic (exact) mass is 476 g/mol. The number of H-pyrrole nitrogens is 1. The van der Waals surface area contributed by atoms with E-state index in [1.807, 2.05) is 24.3 Å². The second-order valence-electron chi connectivity index (χ2n) is 9.23. The third-order valence-corrected chi connectivity index (χ3v) is 7.13. The van der Waals surface area contributed by atoms with Gasteiger partial charge in [0.25, 0.3) is 0 Å². The van der Waals surface area contributed by atoms with Gasteiger partial charge in [-0.15, -0.1) is 10.2 Å². The fourth-order valence-corrected chi connectivity index (χ4v) is 5.46. The SMILES string of the molecule is c1ccc(-n2c3ccccc3c3cc(-c4nnc(-c5cccc6c5[nH]c5ccccc56)o4)ccc32)cc1. The lowest BCUT2D eigenvalue weighted by Gasteiger charge is -2.07. The van der Waals surface area contributed by atoms with Crippen LogP contribution < -0.4 is 0 Å². The highest BCUT2D eigenvalue weighted by atomic mass is 16.4. The number of aromatic amines is 1. The smallest absolute Gasteiger partial charge is 0.250 e. The average molecular weight is 477 g/mol. The largest absolute Gasteiger partial charge is 0.416 e. The average Bonchev–Trinajstić information content (AvgIpc) is 3.67. The molecule has 1 N–H and O–H groups in total. The number of nitrogens with one attached hydrogen (secondary N) is 1. The summed E-state index contributed by atoms with van der Waals surface area (Å²) >= 11 is 0. The summed E-state index contributed by atoms with van der Waals surface area (Å²) in [6, 6.07) is 39.7. The molecule has 3 heterocycles. The zero-order valence-electron chi connectivity index (χ0n) is 19.7. The summed E-state index contributed by atoms with van der Waals surface area (Å²) in [4.78, 5) is 3.53. The van der Waals surface area contributed by atoms with E-state index in [1.165, 1.54) is 10.8 Å². The molecule has 0 saturated heterocycles. The van der Waals surface area contributed by atoms with Crippen molar-refractivity contribution in [2.24, 2.45) is 0 Å². The van der Waals surface area contributed by atoms with Crippen molar-refractivity contribution in [3.05, 3.63) is 115 Å². The van der Waals surface area contributed by atoms with E-state index in [-0.39, 0.29) is 0 Å². The predicted octanol–water partition coefficient (Wildman–Crippen LogP) is 8.14. The van der Waals surface area contributed by atoms with Crippen LogP contribution in [0.4, 0.5) is 0 Å². The molecule has 5 aromatic carbocycles. The second-order valence-corrected chi connectivity index (χ2v) is 9.23. The van der Waals surface area contributed by atoms with E-state index in [0.717, 1.165) is 49.7 Å². The maximum absolute atomic E-state index is 6.26. The summed E-state index contributed by atoms with van der Waals surface area (Å²) < 4.78 is 8.56. The number of nitrogens with zero attached hydrogens (tertiary/aromatic N) is 3. The topological polar surface area (TPSA) is 59.6 Å². The number of hydrogen-bond acceptors (Lipinski definition) is 3. The van der Waals surface area contributed by atoms with Gasteiger partial charge in [-0.05, 0) is 48.5 Å². The van der Waals surface area contributed by atoms with Gasteiger partial charge in [0.2, 0.25) is 11.8 Å². The number of aromatic nitrogens is 4. The molecular formula is C32H20N4O. The van der Waals surface area contributed by atoms with E-state index < -0.39 is 0 Å². The summed E-state index contributed by atoms with van der Waals surface area (Å²) in [6.45, 7) is 0. The van der Waals surface area contributed by atoms with Crippen LogP contribution in [0.1, 0.15) is 0 Å². The van der Waals surface area contributed by atoms with Crippen LogP contribution in [0.3, 0.4) is 0 Å². The van der Waals surface area contributed by atoms with Crippen molar-refractivity contribution in [1.29, 1.82) is 0 Å². The molecule has 0 bridgehead atoms. The Hall–Kier alpha value is -5.16. The highest BCUT2D eigenvalue weighted by Crippen LogP contribution is 2.36. The Bertz CT molecular complexity index is 2100. The molecular weight excluding hydrogens is 456 g/mol. The molecule has 0 aliphatic heterocycles. The summed E-state index contributed by atoms with van der Waals surface area (Å²) in [5, 5.41) is 13.5. The van der Waals surface area contributed by atoms with Crippen molar-refractivity contribution in [3.63, 3.8) is 0 Å². The first-order valence-electron chi connectivity index (χ1n) is 12.3. The van der Waals surface area contributed by atoms with Crippen LogP contribution in [0.5, 0.6) is 0 Å². The molecule has 5 heteroatoms. The highest BCUT2D eigenvalue weighted by molar-refractivity contribution is 6.12. The van der Waals surface area contributed by atoms with Crippen LogP contribution >= 0.6 is 0 Å². The third kappa shape index (κ3) is 2.98. The second kappa shape index (κ2) is 7.67. The van der Waals surface area contributed by atoms with Gasteiger partial charge in [0, 0.05) is 38.3 Å². The van der Waals surface area contributed by atoms with Gasteiger partial charge in [-0.25, -0.2) is 0 Å². The van der Waals surface area contributed by atoms with E-state index in [9.17, 15) is 0 Å². The summed E-state index contributed by atoms with van der Waals surface area (Å²) in [5.41, 5.74) is 7.31. The summed E-state index contributed by atoms with van der Waals surface area (Å²) in [7, 11) is 0. The van der Waals surface area contributed by atoms with Gasteiger partial charge >= 0.3 is 0 Å². The van der Waals surface area contributed by atoms with Crippen LogP contribution in [0.15, 0.2) is 120 Å². The zero-order chi connectivity index (χ0) is 24.3. The van der Waals surface area contributed by atoms with Crippen molar-refractivity contribution < 1.29 is 4.42 Å². The number of fused-ring (bicyclic) bond motifs is 6. The van der Waals surface area contributed by atoms with E-state index >= 15 is 0 Å². The highest BCUT2D eigenvalue weighted by Gasteiger charge is 2.18. The van der Waals surface area contributed by atoms with Gasteiger partial charge < -0.3 is 14.0 Å². The zero-order valence-corrected chi connectivity index (χ0v) is 19.7. The normalized spacial score (nSPS) is 11.8. The first-order chi connectivity index (χ1) is 18.3. The molecule has 0 atom stereocenters. The Balaban J connectivity index is 1.28. The molecule has 0 amide bonds. The third-order valence-electron chi connectivity index (χ3n) is 7.13. The van der Waals surface area contributed by atoms with Crippen molar-refractivity contribution in [2.45, 2.75) is 0 Å². The molecule has 0 spiro atoms. The summed E-state index contributed by atoms with van der Waals surface area (Å²) in [6.07, 6.45) is 0. The molecule has 3 aromatic heterocycles. The lowest BCUT2D eigenvalue weighted by Crippen LogP contribution is -1.92. The minimum Gasteiger partial charge on any atom is -0.416 e. The quantitative estimate of drug-likeness (QED) is 0.280. The predicted molar refractivity (Wildman–Crippen MR) is 149 cm³/mol. The van der Waals surface area contributed by atoms with Crippen molar-refractivity contribution in [1.82, 2.24) is 19.7 Å². The fourth-order valence-electron chi connectivity index (χ4n) is 5.46. The first kappa shape index (κ1) is 20.1. The Labute approximate surface area is 211 Å². The molecule has 8 rings (SSSR count). The molecule has 0 unspecified atom stereocenters. The van der Waals surface area contributed by atoms with Crippen molar-refractivity contribution in [2.75, 3.05) is 0 Å². The van der Waals surface area contributed by atoms with Gasteiger partial charge in [0.05, 0.1) is 22.1 Å².